The number of methoxy groups -OCH3 is 1. The molecule has 0 aromatic carbocycles. The molecule has 0 spiro atoms. The zero-order valence-electron chi connectivity index (χ0n) is 12.9. The predicted molar refractivity (Wildman–Crippen MR) is 78.8 cm³/mol. The number of sulfone groups is 1. The quantitative estimate of drug-likeness (QED) is 0.813. The molecule has 0 amide bonds. The van der Waals surface area contributed by atoms with Crippen molar-refractivity contribution >= 4 is 9.84 Å². The maximum Gasteiger partial charge on any atom is 0.242 e. The minimum atomic E-state index is -3.32. The summed E-state index contributed by atoms with van der Waals surface area (Å²) >= 11 is 0. The first-order valence-corrected chi connectivity index (χ1v) is 8.42. The summed E-state index contributed by atoms with van der Waals surface area (Å²) in [6, 6.07) is 3.22. The lowest BCUT2D eigenvalue weighted by molar-refractivity contribution is 0.386. The van der Waals surface area contributed by atoms with Crippen LogP contribution in [0.25, 0.3) is 11.5 Å². The van der Waals surface area contributed by atoms with E-state index in [0.29, 0.717) is 11.6 Å². The molecule has 2 aromatic heterocycles. The van der Waals surface area contributed by atoms with Gasteiger partial charge in [0.2, 0.25) is 17.6 Å². The van der Waals surface area contributed by atoms with Crippen LogP contribution in [0.4, 0.5) is 0 Å². The third-order valence-corrected chi connectivity index (χ3v) is 4.54. The highest BCUT2D eigenvalue weighted by Gasteiger charge is 2.24. The Morgan fingerprint density at radius 3 is 2.50 bits per heavy atom. The summed E-state index contributed by atoms with van der Waals surface area (Å²) in [6.45, 7) is 5.57. The van der Waals surface area contributed by atoms with E-state index in [1.807, 2.05) is 20.8 Å². The number of hydrogen-bond acceptors (Lipinski definition) is 8. The molecule has 8 nitrogen and oxygen atoms in total. The van der Waals surface area contributed by atoms with Crippen LogP contribution >= 0.6 is 0 Å². The van der Waals surface area contributed by atoms with Crippen LogP contribution in [-0.4, -0.2) is 41.6 Å². The van der Waals surface area contributed by atoms with Crippen molar-refractivity contribution < 1.29 is 17.7 Å². The first-order valence-electron chi connectivity index (χ1n) is 6.60. The van der Waals surface area contributed by atoms with E-state index in [-0.39, 0.29) is 28.6 Å². The Hall–Kier alpha value is -2.03. The molecule has 0 N–H and O–H groups in total. The van der Waals surface area contributed by atoms with Crippen molar-refractivity contribution in [1.82, 2.24) is 20.3 Å². The van der Waals surface area contributed by atoms with Crippen LogP contribution in [-0.2, 0) is 15.6 Å². The first-order chi connectivity index (χ1) is 10.2. The molecule has 0 fully saturated rings. The molecule has 2 rings (SSSR count). The van der Waals surface area contributed by atoms with Crippen LogP contribution < -0.4 is 4.74 Å². The number of aromatic nitrogens is 4. The first kappa shape index (κ1) is 16.3. The average Bonchev–Trinajstić information content (AvgIpc) is 2.83. The van der Waals surface area contributed by atoms with Gasteiger partial charge in [-0.3, -0.25) is 0 Å². The molecule has 2 heterocycles. The van der Waals surface area contributed by atoms with E-state index in [1.165, 1.54) is 7.11 Å². The maximum atomic E-state index is 12.1. The van der Waals surface area contributed by atoms with Gasteiger partial charge in [0.1, 0.15) is 11.4 Å². The van der Waals surface area contributed by atoms with Crippen LogP contribution in [0.5, 0.6) is 5.88 Å². The summed E-state index contributed by atoms with van der Waals surface area (Å²) in [4.78, 5) is 4.05. The fourth-order valence-electron chi connectivity index (χ4n) is 1.86. The zero-order chi connectivity index (χ0) is 16.4. The smallest absolute Gasteiger partial charge is 0.242 e. The molecule has 0 unspecified atom stereocenters. The van der Waals surface area contributed by atoms with Gasteiger partial charge < -0.3 is 9.26 Å². The summed E-state index contributed by atoms with van der Waals surface area (Å²) in [5, 5.41) is 11.4. The molecular weight excluding hydrogens is 308 g/mol. The molecule has 9 heteroatoms. The number of rotatable bonds is 5. The Balaban J connectivity index is 2.14. The minimum absolute atomic E-state index is 0.0388. The third kappa shape index (κ3) is 4.48. The van der Waals surface area contributed by atoms with Crippen molar-refractivity contribution in [3.63, 3.8) is 0 Å². The monoisotopic (exact) mass is 326 g/mol. The predicted octanol–water partition coefficient (Wildman–Crippen LogP) is 1.50. The van der Waals surface area contributed by atoms with E-state index in [9.17, 15) is 8.42 Å². The van der Waals surface area contributed by atoms with Gasteiger partial charge >= 0.3 is 0 Å². The van der Waals surface area contributed by atoms with Crippen molar-refractivity contribution in [2.45, 2.75) is 26.5 Å². The lowest BCUT2D eigenvalue weighted by Crippen LogP contribution is -2.22. The third-order valence-electron chi connectivity index (χ3n) is 2.54. The van der Waals surface area contributed by atoms with Gasteiger partial charge in [-0.25, -0.2) is 8.42 Å². The lowest BCUT2D eigenvalue weighted by Gasteiger charge is -2.16. The van der Waals surface area contributed by atoms with Gasteiger partial charge in [0.15, 0.2) is 9.84 Å². The normalized spacial score (nSPS) is 12.4. The Morgan fingerprint density at radius 1 is 1.23 bits per heavy atom. The van der Waals surface area contributed by atoms with Crippen LogP contribution in [0.1, 0.15) is 26.7 Å². The van der Waals surface area contributed by atoms with Gasteiger partial charge in [-0.1, -0.05) is 25.9 Å². The van der Waals surface area contributed by atoms with Crippen LogP contribution in [0.2, 0.25) is 0 Å². The van der Waals surface area contributed by atoms with Crippen LogP contribution in [0.15, 0.2) is 16.7 Å². The minimum Gasteiger partial charge on any atom is -0.480 e. The van der Waals surface area contributed by atoms with Crippen molar-refractivity contribution in [3.8, 4) is 17.4 Å². The maximum absolute atomic E-state index is 12.1. The SMILES string of the molecule is COc1ccc(-c2noc(CS(=O)(=O)CC(C)(C)C)n2)nn1. The largest absolute Gasteiger partial charge is 0.480 e. The molecule has 0 aliphatic heterocycles. The van der Waals surface area contributed by atoms with Crippen LogP contribution in [0.3, 0.4) is 0 Å². The van der Waals surface area contributed by atoms with E-state index >= 15 is 0 Å². The highest BCUT2D eigenvalue weighted by atomic mass is 32.2. The molecule has 0 saturated carbocycles. The second kappa shape index (κ2) is 5.99. The van der Waals surface area contributed by atoms with Gasteiger partial charge in [-0.15, -0.1) is 10.2 Å². The molecule has 0 radical (unpaired) electrons. The van der Waals surface area contributed by atoms with Crippen molar-refractivity contribution in [3.05, 3.63) is 18.0 Å². The van der Waals surface area contributed by atoms with Gasteiger partial charge in [0.25, 0.3) is 0 Å². The molecule has 0 atom stereocenters. The molecule has 0 saturated heterocycles. The summed E-state index contributed by atoms with van der Waals surface area (Å²) < 4.78 is 34.0. The van der Waals surface area contributed by atoms with Crippen LogP contribution in [0, 0.1) is 5.41 Å². The topological polar surface area (TPSA) is 108 Å². The fourth-order valence-corrected chi connectivity index (χ4v) is 3.78. The summed E-state index contributed by atoms with van der Waals surface area (Å²) in [6.07, 6.45) is 0. The second-order valence-corrected chi connectivity index (χ2v) is 8.13. The molecule has 22 heavy (non-hydrogen) atoms. The Morgan fingerprint density at radius 2 is 1.95 bits per heavy atom. The average molecular weight is 326 g/mol. The van der Waals surface area contributed by atoms with Gasteiger partial charge in [0.05, 0.1) is 12.9 Å². The Kier molecular flexibility index (Phi) is 4.45. The van der Waals surface area contributed by atoms with E-state index in [1.54, 1.807) is 12.1 Å². The Labute approximate surface area is 128 Å². The zero-order valence-corrected chi connectivity index (χ0v) is 13.7. The fraction of sp³-hybridized carbons (Fsp3) is 0.538. The highest BCUT2D eigenvalue weighted by molar-refractivity contribution is 7.90. The molecule has 0 aliphatic carbocycles. The van der Waals surface area contributed by atoms with Crippen molar-refractivity contribution in [1.29, 1.82) is 0 Å². The van der Waals surface area contributed by atoms with E-state index in [2.05, 4.69) is 20.3 Å². The van der Waals surface area contributed by atoms with E-state index < -0.39 is 9.84 Å². The van der Waals surface area contributed by atoms with Gasteiger partial charge in [0, 0.05) is 6.07 Å². The standard InChI is InChI=1S/C13H18N4O4S/c1-13(2,3)8-22(18,19)7-11-14-12(17-21-11)9-5-6-10(20-4)16-15-9/h5-6H,7-8H2,1-4H3. The van der Waals surface area contributed by atoms with Gasteiger partial charge in [-0.2, -0.15) is 4.98 Å². The van der Waals surface area contributed by atoms with E-state index in [0.717, 1.165) is 0 Å². The molecule has 120 valence electrons. The molecule has 2 aromatic rings. The summed E-state index contributed by atoms with van der Waals surface area (Å²) in [7, 11) is -1.84. The summed E-state index contributed by atoms with van der Waals surface area (Å²) in [5.41, 5.74) is 0.0485. The van der Waals surface area contributed by atoms with Crippen molar-refractivity contribution in [2.75, 3.05) is 12.9 Å². The number of hydrogen-bond donors (Lipinski definition) is 0. The number of nitrogens with zero attached hydrogens (tertiary/aromatic N) is 4. The van der Waals surface area contributed by atoms with Gasteiger partial charge in [-0.05, 0) is 11.5 Å². The molecule has 0 aliphatic rings. The van der Waals surface area contributed by atoms with E-state index in [4.69, 9.17) is 9.26 Å². The Bertz CT molecular complexity index is 732. The lowest BCUT2D eigenvalue weighted by atomic mass is 10.0. The number of ether oxygens (including phenoxy) is 1. The van der Waals surface area contributed by atoms with Crippen molar-refractivity contribution in [2.24, 2.45) is 5.41 Å². The summed E-state index contributed by atoms with van der Waals surface area (Å²) in [5.74, 6) is 0.342. The molecule has 0 bridgehead atoms. The molecular formula is C13H18N4O4S. The second-order valence-electron chi connectivity index (χ2n) is 6.07. The highest BCUT2D eigenvalue weighted by Crippen LogP contribution is 2.20.